The summed E-state index contributed by atoms with van der Waals surface area (Å²) in [6.07, 6.45) is -3.77. The van der Waals surface area contributed by atoms with E-state index >= 15 is 0 Å². The molecule has 7 heteroatoms. The van der Waals surface area contributed by atoms with Crippen LogP contribution < -0.4 is 5.64 Å². The molecule has 0 saturated carbocycles. The summed E-state index contributed by atoms with van der Waals surface area (Å²) in [6, 6.07) is 0. The van der Waals surface area contributed by atoms with Gasteiger partial charge in [0.25, 0.3) is 0 Å². The second-order valence-corrected chi connectivity index (χ2v) is 2.50. The number of hydrogen-bond donors (Lipinski definition) is 6. The average molecular weight is 197 g/mol. The van der Waals surface area contributed by atoms with Gasteiger partial charge >= 0.3 is 0 Å². The molecular formula is C6H15NO6. The van der Waals surface area contributed by atoms with E-state index in [1.165, 1.54) is 5.64 Å². The highest BCUT2D eigenvalue weighted by atomic mass is 16.8. The molecule has 0 aromatic rings. The van der Waals surface area contributed by atoms with Crippen LogP contribution in [0.15, 0.2) is 0 Å². The van der Waals surface area contributed by atoms with Gasteiger partial charge in [0, 0.05) is 6.61 Å². The van der Waals surface area contributed by atoms with Crippen molar-refractivity contribution in [1.82, 2.24) is 5.64 Å². The lowest BCUT2D eigenvalue weighted by atomic mass is 10.1. The highest BCUT2D eigenvalue weighted by Gasteiger charge is 2.26. The molecule has 0 aliphatic heterocycles. The van der Waals surface area contributed by atoms with Crippen LogP contribution in [0.25, 0.3) is 0 Å². The number of nitrogens with one attached hydrogen (secondary N) is 1. The van der Waals surface area contributed by atoms with Crippen LogP contribution in [0.3, 0.4) is 0 Å². The molecule has 0 heterocycles. The molecule has 0 saturated heterocycles. The predicted octanol–water partition coefficient (Wildman–Crippen LogP) is -2.64. The van der Waals surface area contributed by atoms with Crippen LogP contribution in [0.5, 0.6) is 0 Å². The zero-order valence-electron chi connectivity index (χ0n) is 7.00. The van der Waals surface area contributed by atoms with Crippen LogP contribution in [0.2, 0.25) is 0 Å². The normalized spacial score (nSPS) is 18.2. The first-order valence-electron chi connectivity index (χ1n) is 3.80. The number of aliphatic hydroxyl groups is 4. The highest BCUT2D eigenvalue weighted by molar-refractivity contribution is 4.75. The fraction of sp³-hybridized carbons (Fsp3) is 1.00. The molecule has 0 amide bonds. The van der Waals surface area contributed by atoms with Gasteiger partial charge in [0.2, 0.25) is 0 Å². The van der Waals surface area contributed by atoms with Gasteiger partial charge in [-0.2, -0.15) is 0 Å². The zero-order valence-corrected chi connectivity index (χ0v) is 7.00. The van der Waals surface area contributed by atoms with Gasteiger partial charge in [0.1, 0.15) is 12.2 Å². The maximum Gasteiger partial charge on any atom is 0.133 e. The Kier molecular flexibility index (Phi) is 7.00. The van der Waals surface area contributed by atoms with Crippen LogP contribution in [0, 0.1) is 0 Å². The van der Waals surface area contributed by atoms with Crippen molar-refractivity contribution in [2.75, 3.05) is 13.2 Å². The molecule has 2 unspecified atom stereocenters. The van der Waals surface area contributed by atoms with E-state index in [1.807, 2.05) is 0 Å². The molecule has 0 aliphatic rings. The minimum atomic E-state index is -1.38. The Morgan fingerprint density at radius 3 is 2.23 bits per heavy atom. The van der Waals surface area contributed by atoms with E-state index in [0.717, 1.165) is 0 Å². The Bertz CT molecular complexity index is 124. The molecule has 0 aromatic carbocycles. The molecule has 0 spiro atoms. The van der Waals surface area contributed by atoms with E-state index < -0.39 is 24.9 Å². The summed E-state index contributed by atoms with van der Waals surface area (Å²) in [4.78, 5) is 4.28. The zero-order chi connectivity index (χ0) is 10.3. The van der Waals surface area contributed by atoms with E-state index in [4.69, 9.17) is 20.5 Å². The van der Waals surface area contributed by atoms with Gasteiger partial charge in [-0.05, 0) is 6.42 Å². The second-order valence-electron chi connectivity index (χ2n) is 2.50. The van der Waals surface area contributed by atoms with Gasteiger partial charge in [0.15, 0.2) is 0 Å². The van der Waals surface area contributed by atoms with Gasteiger partial charge in [-0.25, -0.2) is 0 Å². The van der Waals surface area contributed by atoms with Crippen molar-refractivity contribution < 1.29 is 30.5 Å². The quantitative estimate of drug-likeness (QED) is 0.247. The minimum Gasteiger partial charge on any atom is -0.396 e. The summed E-state index contributed by atoms with van der Waals surface area (Å²) < 4.78 is 0. The van der Waals surface area contributed by atoms with E-state index in [-0.39, 0.29) is 13.0 Å². The first-order valence-corrected chi connectivity index (χ1v) is 3.80. The van der Waals surface area contributed by atoms with E-state index in [9.17, 15) is 5.11 Å². The molecule has 6 N–H and O–H groups in total. The van der Waals surface area contributed by atoms with E-state index in [2.05, 4.69) is 4.84 Å². The van der Waals surface area contributed by atoms with E-state index in [1.54, 1.807) is 0 Å². The first-order chi connectivity index (χ1) is 6.17. The lowest BCUT2D eigenvalue weighted by Crippen LogP contribution is -2.43. The fourth-order valence-corrected chi connectivity index (χ4v) is 0.833. The van der Waals surface area contributed by atoms with Crippen LogP contribution in [-0.4, -0.2) is 57.2 Å². The fourth-order valence-electron chi connectivity index (χ4n) is 0.833. The standard InChI is InChI=1S/C6H15NO6/c8-2-1-4(10)6(11)5(3-9)13-7-12/h4-12H,1-3H2/t4?,5-,6?/m1/s1. The van der Waals surface area contributed by atoms with Gasteiger partial charge in [0.05, 0.1) is 12.7 Å². The van der Waals surface area contributed by atoms with Gasteiger partial charge in [-0.1, -0.05) is 5.64 Å². The van der Waals surface area contributed by atoms with Crippen molar-refractivity contribution in [2.45, 2.75) is 24.7 Å². The first kappa shape index (κ1) is 12.7. The third-order valence-corrected chi connectivity index (χ3v) is 1.58. The van der Waals surface area contributed by atoms with Gasteiger partial charge in [-0.15, -0.1) is 0 Å². The maximum atomic E-state index is 9.24. The van der Waals surface area contributed by atoms with Crippen LogP contribution in [0.4, 0.5) is 0 Å². The third kappa shape index (κ3) is 4.48. The van der Waals surface area contributed by atoms with Crippen molar-refractivity contribution in [3.63, 3.8) is 0 Å². The second kappa shape index (κ2) is 7.15. The Balaban J connectivity index is 3.94. The van der Waals surface area contributed by atoms with E-state index in [0.29, 0.717) is 0 Å². The highest BCUT2D eigenvalue weighted by Crippen LogP contribution is 2.05. The number of hydrogen-bond acceptors (Lipinski definition) is 7. The minimum absolute atomic E-state index is 0.0353. The Labute approximate surface area is 75.1 Å². The smallest absolute Gasteiger partial charge is 0.133 e. The van der Waals surface area contributed by atoms with Gasteiger partial charge < -0.3 is 20.4 Å². The summed E-state index contributed by atoms with van der Waals surface area (Å²) in [7, 11) is 0. The molecule has 80 valence electrons. The van der Waals surface area contributed by atoms with Crippen LogP contribution in [-0.2, 0) is 4.84 Å². The molecule has 3 atom stereocenters. The third-order valence-electron chi connectivity index (χ3n) is 1.58. The molecule has 0 aromatic heterocycles. The molecule has 0 radical (unpaired) electrons. The monoisotopic (exact) mass is 197 g/mol. The van der Waals surface area contributed by atoms with Crippen LogP contribution in [0.1, 0.15) is 6.42 Å². The average Bonchev–Trinajstić information content (AvgIpc) is 2.13. The number of rotatable bonds is 7. The summed E-state index contributed by atoms with van der Waals surface area (Å²) in [5.74, 6) is 0. The molecule has 0 bridgehead atoms. The predicted molar refractivity (Wildman–Crippen MR) is 40.6 cm³/mol. The number of aliphatic hydroxyl groups excluding tert-OH is 4. The Morgan fingerprint density at radius 1 is 1.23 bits per heavy atom. The summed E-state index contributed by atoms with van der Waals surface area (Å²) in [6.45, 7) is -0.861. The Morgan fingerprint density at radius 2 is 1.85 bits per heavy atom. The lowest BCUT2D eigenvalue weighted by Gasteiger charge is -2.23. The molecule has 0 aliphatic carbocycles. The lowest BCUT2D eigenvalue weighted by molar-refractivity contribution is -0.211. The van der Waals surface area contributed by atoms with Crippen molar-refractivity contribution in [1.29, 1.82) is 0 Å². The summed E-state index contributed by atoms with van der Waals surface area (Å²) in [5, 5.41) is 43.5. The maximum absolute atomic E-state index is 9.24. The summed E-state index contributed by atoms with van der Waals surface area (Å²) >= 11 is 0. The van der Waals surface area contributed by atoms with Crippen molar-refractivity contribution in [2.24, 2.45) is 0 Å². The molecule has 0 fully saturated rings. The van der Waals surface area contributed by atoms with Crippen molar-refractivity contribution in [3.05, 3.63) is 0 Å². The molecule has 13 heavy (non-hydrogen) atoms. The topological polar surface area (TPSA) is 122 Å². The molecule has 7 nitrogen and oxygen atoms in total. The molecular weight excluding hydrogens is 182 g/mol. The summed E-state index contributed by atoms with van der Waals surface area (Å²) in [5.41, 5.74) is 1.30. The molecule has 0 rings (SSSR count). The SMILES string of the molecule is OCCC(O)C(O)[C@@H](CO)ONO. The van der Waals surface area contributed by atoms with Gasteiger partial charge in [-0.3, -0.25) is 10.0 Å². The van der Waals surface area contributed by atoms with Crippen molar-refractivity contribution >= 4 is 0 Å². The largest absolute Gasteiger partial charge is 0.396 e. The van der Waals surface area contributed by atoms with Crippen molar-refractivity contribution in [3.8, 4) is 0 Å². The van der Waals surface area contributed by atoms with Crippen LogP contribution >= 0.6 is 0 Å². The Hall–Kier alpha value is -0.280.